The fourth-order valence-corrected chi connectivity index (χ4v) is 6.12. The zero-order valence-electron chi connectivity index (χ0n) is 31.1. The van der Waals surface area contributed by atoms with Crippen molar-refractivity contribution in [1.29, 1.82) is 0 Å². The largest absolute Gasteiger partial charge is 0.508 e. The summed E-state index contributed by atoms with van der Waals surface area (Å²) >= 11 is 0. The minimum absolute atomic E-state index is 0.00483. The third-order valence-electron chi connectivity index (χ3n) is 9.21. The fraction of sp³-hybridized carbons (Fsp3) is 0.0465. The number of nitro benzene ring substituents is 2. The van der Waals surface area contributed by atoms with E-state index in [-0.39, 0.29) is 24.6 Å². The summed E-state index contributed by atoms with van der Waals surface area (Å²) in [6, 6.07) is 41.3. The topological polar surface area (TPSA) is 225 Å². The molecule has 0 atom stereocenters. The number of non-ortho nitro benzene ring substituents is 2. The van der Waals surface area contributed by atoms with Crippen molar-refractivity contribution < 1.29 is 24.1 Å². The van der Waals surface area contributed by atoms with E-state index in [4.69, 9.17) is 9.47 Å². The number of hydrogen-bond acceptors (Lipinski definition) is 15. The molecule has 0 radical (unpaired) electrons. The number of benzene rings is 6. The van der Waals surface area contributed by atoms with Gasteiger partial charge in [0.05, 0.1) is 9.85 Å². The van der Waals surface area contributed by atoms with Crippen molar-refractivity contribution in [2.75, 3.05) is 0 Å². The van der Waals surface area contributed by atoms with Crippen LogP contribution in [0.15, 0.2) is 146 Å². The van der Waals surface area contributed by atoms with Gasteiger partial charge in [0.1, 0.15) is 13.2 Å². The van der Waals surface area contributed by atoms with Gasteiger partial charge in [0.2, 0.25) is 23.3 Å². The van der Waals surface area contributed by atoms with E-state index in [1.54, 1.807) is 72.8 Å². The van der Waals surface area contributed by atoms with Gasteiger partial charge in [-0.1, -0.05) is 97.1 Å². The Bertz CT molecular complexity index is 2610. The van der Waals surface area contributed by atoms with Gasteiger partial charge in [-0.15, -0.1) is 40.8 Å². The molecule has 60 heavy (non-hydrogen) atoms. The molecule has 6 aromatic carbocycles. The molecule has 8 aromatic rings. The second-order valence-corrected chi connectivity index (χ2v) is 13.0. The van der Waals surface area contributed by atoms with Crippen LogP contribution in [0.1, 0.15) is 11.1 Å². The highest BCUT2D eigenvalue weighted by Crippen LogP contribution is 2.32. The zero-order valence-corrected chi connectivity index (χ0v) is 31.1. The molecule has 0 saturated heterocycles. The van der Waals surface area contributed by atoms with Gasteiger partial charge in [-0.05, 0) is 57.6 Å². The Morgan fingerprint density at radius 1 is 0.400 bits per heavy atom. The van der Waals surface area contributed by atoms with Gasteiger partial charge in [-0.25, -0.2) is 4.79 Å². The van der Waals surface area contributed by atoms with Crippen molar-refractivity contribution in [1.82, 2.24) is 40.8 Å². The van der Waals surface area contributed by atoms with E-state index >= 15 is 0 Å². The number of nitrogens with zero attached hydrogens (tertiary/aromatic N) is 10. The molecule has 8 rings (SSSR count). The Morgan fingerprint density at radius 2 is 0.700 bits per heavy atom. The van der Waals surface area contributed by atoms with Gasteiger partial charge in [0.25, 0.3) is 11.4 Å². The first-order valence-corrected chi connectivity index (χ1v) is 18.1. The zero-order chi connectivity index (χ0) is 41.4. The maximum Gasteiger partial charge on any atom is 0.508 e. The molecule has 17 nitrogen and oxygen atoms in total. The number of carbonyl (C=O) groups is 1. The quantitative estimate of drug-likeness (QED) is 0.0641. The summed E-state index contributed by atoms with van der Waals surface area (Å²) in [5.74, 6) is 1.18. The number of aromatic nitrogens is 8. The first-order chi connectivity index (χ1) is 29.3. The third kappa shape index (κ3) is 8.64. The first kappa shape index (κ1) is 38.2. The van der Waals surface area contributed by atoms with Crippen molar-refractivity contribution in [2.45, 2.75) is 13.2 Å². The van der Waals surface area contributed by atoms with Crippen LogP contribution in [0.25, 0.3) is 67.8 Å². The molecule has 0 unspecified atom stereocenters. The van der Waals surface area contributed by atoms with Gasteiger partial charge in [-0.2, -0.15) is 0 Å². The van der Waals surface area contributed by atoms with Gasteiger partial charge >= 0.3 is 6.16 Å². The molecule has 17 heteroatoms. The van der Waals surface area contributed by atoms with Crippen molar-refractivity contribution in [2.24, 2.45) is 0 Å². The molecule has 2 aromatic heterocycles. The number of hydrogen-bond donors (Lipinski definition) is 0. The first-order valence-electron chi connectivity index (χ1n) is 18.1. The lowest BCUT2D eigenvalue weighted by molar-refractivity contribution is -0.385. The van der Waals surface area contributed by atoms with Gasteiger partial charge in [-0.3, -0.25) is 20.2 Å². The second kappa shape index (κ2) is 17.2. The van der Waals surface area contributed by atoms with E-state index in [2.05, 4.69) is 40.8 Å². The number of rotatable bonds is 12. The number of nitro groups is 2. The summed E-state index contributed by atoms with van der Waals surface area (Å²) in [5, 5.41) is 56.4. The lowest BCUT2D eigenvalue weighted by Gasteiger charge is -2.09. The third-order valence-corrected chi connectivity index (χ3v) is 9.21. The molecular weight excluding hydrogens is 769 g/mol. The molecule has 0 aliphatic carbocycles. The molecule has 0 aliphatic heterocycles. The molecule has 0 saturated carbocycles. The Morgan fingerprint density at radius 3 is 1.03 bits per heavy atom. The monoisotopic (exact) mass is 796 g/mol. The summed E-state index contributed by atoms with van der Waals surface area (Å²) in [4.78, 5) is 33.7. The summed E-state index contributed by atoms with van der Waals surface area (Å²) in [6.45, 7) is -0.0566. The summed E-state index contributed by atoms with van der Waals surface area (Å²) in [5.41, 5.74) is 7.11. The van der Waals surface area contributed by atoms with Crippen LogP contribution in [0.3, 0.4) is 0 Å². The van der Waals surface area contributed by atoms with Gasteiger partial charge in [0, 0.05) is 46.5 Å². The molecule has 2 heterocycles. The van der Waals surface area contributed by atoms with Crippen LogP contribution >= 0.6 is 0 Å². The summed E-state index contributed by atoms with van der Waals surface area (Å²) in [6.07, 6.45) is -0.842. The van der Waals surface area contributed by atoms with Crippen LogP contribution in [0.4, 0.5) is 16.2 Å². The minimum Gasteiger partial charge on any atom is -0.429 e. The van der Waals surface area contributed by atoms with E-state index in [1.807, 2.05) is 48.5 Å². The second-order valence-electron chi connectivity index (χ2n) is 13.0. The highest BCUT2D eigenvalue weighted by Gasteiger charge is 2.16. The molecule has 0 fully saturated rings. The summed E-state index contributed by atoms with van der Waals surface area (Å²) < 4.78 is 10.6. The number of ether oxygens (including phenoxy) is 2. The smallest absolute Gasteiger partial charge is 0.429 e. The predicted molar refractivity (Wildman–Crippen MR) is 216 cm³/mol. The van der Waals surface area contributed by atoms with E-state index in [9.17, 15) is 25.0 Å². The highest BCUT2D eigenvalue weighted by atomic mass is 16.7. The lowest BCUT2D eigenvalue weighted by Crippen LogP contribution is -2.07. The van der Waals surface area contributed by atoms with Gasteiger partial charge in [0.15, 0.2) is 0 Å². The molecular formula is C43H28N10O7. The standard InChI is InChI=1S/C43H28N10O7/c54-43(59-25-27-9-13-31(14-10-27)39-44-48-41(49-45-39)37-7-3-1-5-35(37)29-17-21-33(22-18-29)52(55)56)60-26-28-11-15-32(16-12-28)40-46-50-42(51-47-40)38-8-4-2-6-36(38)30-19-23-34(24-20-30)53(57)58/h1-24H,25-26H2. The Labute approximate surface area is 339 Å². The van der Waals surface area contributed by atoms with Crippen molar-refractivity contribution in [3.05, 3.63) is 177 Å². The molecule has 292 valence electrons. The van der Waals surface area contributed by atoms with Crippen LogP contribution < -0.4 is 0 Å². The van der Waals surface area contributed by atoms with E-state index in [1.165, 1.54) is 24.3 Å². The van der Waals surface area contributed by atoms with Crippen molar-refractivity contribution in [3.63, 3.8) is 0 Å². The van der Waals surface area contributed by atoms with E-state index in [0.717, 1.165) is 22.3 Å². The minimum atomic E-state index is -0.842. The van der Waals surface area contributed by atoms with Crippen LogP contribution in [0.2, 0.25) is 0 Å². The van der Waals surface area contributed by atoms with E-state index < -0.39 is 16.0 Å². The molecule has 0 N–H and O–H groups in total. The van der Waals surface area contributed by atoms with Crippen LogP contribution in [0, 0.1) is 20.2 Å². The Kier molecular flexibility index (Phi) is 10.9. The van der Waals surface area contributed by atoms with Crippen LogP contribution in [0.5, 0.6) is 0 Å². The lowest BCUT2D eigenvalue weighted by atomic mass is 9.99. The Hall–Kier alpha value is -8.73. The van der Waals surface area contributed by atoms with Crippen molar-refractivity contribution >= 4 is 17.5 Å². The molecule has 0 spiro atoms. The van der Waals surface area contributed by atoms with Crippen molar-refractivity contribution in [3.8, 4) is 67.8 Å². The van der Waals surface area contributed by atoms with Gasteiger partial charge < -0.3 is 9.47 Å². The fourth-order valence-electron chi connectivity index (χ4n) is 6.12. The van der Waals surface area contributed by atoms with Crippen LogP contribution in [-0.4, -0.2) is 56.8 Å². The average Bonchev–Trinajstić information content (AvgIpc) is 3.31. The average molecular weight is 797 g/mol. The van der Waals surface area contributed by atoms with E-state index in [0.29, 0.717) is 56.7 Å². The molecule has 0 aliphatic rings. The predicted octanol–water partition coefficient (Wildman–Crippen LogP) is 8.52. The normalized spacial score (nSPS) is 10.8. The molecule has 0 bridgehead atoms. The highest BCUT2D eigenvalue weighted by molar-refractivity contribution is 5.82. The Balaban J connectivity index is 0.828. The maximum absolute atomic E-state index is 12.4. The summed E-state index contributed by atoms with van der Waals surface area (Å²) in [7, 11) is 0. The SMILES string of the molecule is O=C(OCc1ccc(-c2nnc(-c3ccccc3-c3ccc([N+](=O)[O-])cc3)nn2)cc1)OCc1ccc(-c2nnc(-c3ccccc3-c3ccc([N+](=O)[O-])cc3)nn2)cc1. The number of carbonyl (C=O) groups excluding carboxylic acids is 1. The molecule has 0 amide bonds. The van der Waals surface area contributed by atoms with Crippen LogP contribution in [-0.2, 0) is 22.7 Å². The maximum atomic E-state index is 12.4.